The van der Waals surface area contributed by atoms with Gasteiger partial charge in [0.15, 0.2) is 36.3 Å². The Kier molecular flexibility index (Phi) is 4.92. The molecule has 0 spiro atoms. The second-order valence-corrected chi connectivity index (χ2v) is 3.82. The topological polar surface area (TPSA) is 44.5 Å². The van der Waals surface area contributed by atoms with Crippen LogP contribution in [0, 0.1) is 17.5 Å². The number of rotatable bonds is 4. The van der Waals surface area contributed by atoms with Gasteiger partial charge >= 0.3 is 12.4 Å². The van der Waals surface area contributed by atoms with Crippen LogP contribution in [-0.4, -0.2) is 25.6 Å². The van der Waals surface area contributed by atoms with E-state index in [-0.39, 0.29) is 0 Å². The number of ether oxygens (including phenoxy) is 2. The summed E-state index contributed by atoms with van der Waals surface area (Å²) >= 11 is 0. The fourth-order valence-corrected chi connectivity index (χ4v) is 1.20. The highest BCUT2D eigenvalue weighted by atomic mass is 19.4. The van der Waals surface area contributed by atoms with Gasteiger partial charge in [0.05, 0.1) is 0 Å². The SMILES string of the molecule is Nc1c(F)c(OCC(F)(F)F)c(F)c(OCC(F)(F)F)c1F. The summed E-state index contributed by atoms with van der Waals surface area (Å²) in [6.45, 7) is -4.35. The van der Waals surface area contributed by atoms with Crippen LogP contribution in [0.15, 0.2) is 0 Å². The van der Waals surface area contributed by atoms with Crippen molar-refractivity contribution in [1.29, 1.82) is 0 Å². The Bertz CT molecular complexity index is 508. The van der Waals surface area contributed by atoms with Crippen LogP contribution < -0.4 is 15.2 Å². The van der Waals surface area contributed by atoms with Crippen molar-refractivity contribution in [3.63, 3.8) is 0 Å². The summed E-state index contributed by atoms with van der Waals surface area (Å²) in [5, 5.41) is 0. The third-order valence-electron chi connectivity index (χ3n) is 2.03. The van der Waals surface area contributed by atoms with E-state index in [1.807, 2.05) is 0 Å². The summed E-state index contributed by atoms with van der Waals surface area (Å²) in [5.41, 5.74) is 3.25. The molecule has 2 N–H and O–H groups in total. The van der Waals surface area contributed by atoms with E-state index in [9.17, 15) is 39.5 Å². The molecule has 0 aliphatic carbocycles. The highest BCUT2D eigenvalue weighted by molar-refractivity contribution is 5.55. The van der Waals surface area contributed by atoms with E-state index in [1.165, 1.54) is 0 Å². The van der Waals surface area contributed by atoms with Gasteiger partial charge in [0.25, 0.3) is 0 Å². The molecule has 0 fully saturated rings. The summed E-state index contributed by atoms with van der Waals surface area (Å²) in [5.74, 6) is -9.86. The lowest BCUT2D eigenvalue weighted by Crippen LogP contribution is -2.22. The molecular formula is C10H6F9NO2. The van der Waals surface area contributed by atoms with Crippen LogP contribution in [0.3, 0.4) is 0 Å². The van der Waals surface area contributed by atoms with E-state index in [0.29, 0.717) is 0 Å². The Morgan fingerprint density at radius 3 is 1.27 bits per heavy atom. The molecule has 126 valence electrons. The maximum atomic E-state index is 13.6. The van der Waals surface area contributed by atoms with Crippen molar-refractivity contribution in [2.75, 3.05) is 18.9 Å². The second kappa shape index (κ2) is 6.01. The lowest BCUT2D eigenvalue weighted by atomic mass is 10.2. The molecule has 0 aliphatic heterocycles. The number of halogens is 9. The normalized spacial score (nSPS) is 12.4. The first kappa shape index (κ1) is 18.0. The predicted molar refractivity (Wildman–Crippen MR) is 53.8 cm³/mol. The van der Waals surface area contributed by atoms with E-state index in [0.717, 1.165) is 0 Å². The average Bonchev–Trinajstić information content (AvgIpc) is 2.33. The quantitative estimate of drug-likeness (QED) is 0.672. The average molecular weight is 343 g/mol. The van der Waals surface area contributed by atoms with Crippen LogP contribution in [0.1, 0.15) is 0 Å². The molecule has 3 nitrogen and oxygen atoms in total. The molecular weight excluding hydrogens is 337 g/mol. The molecule has 0 bridgehead atoms. The van der Waals surface area contributed by atoms with Gasteiger partial charge in [-0.05, 0) is 0 Å². The molecule has 0 heterocycles. The van der Waals surface area contributed by atoms with Crippen molar-refractivity contribution in [2.45, 2.75) is 12.4 Å². The number of nitrogen functional groups attached to an aromatic ring is 1. The largest absolute Gasteiger partial charge is 0.478 e. The molecule has 1 aromatic carbocycles. The molecule has 1 rings (SSSR count). The molecule has 22 heavy (non-hydrogen) atoms. The number of hydrogen-bond donors (Lipinski definition) is 1. The fourth-order valence-electron chi connectivity index (χ4n) is 1.20. The highest BCUT2D eigenvalue weighted by Crippen LogP contribution is 2.38. The summed E-state index contributed by atoms with van der Waals surface area (Å²) < 4.78 is 119. The summed E-state index contributed by atoms with van der Waals surface area (Å²) in [6, 6.07) is 0. The molecule has 12 heteroatoms. The van der Waals surface area contributed by atoms with Crippen molar-refractivity contribution >= 4 is 5.69 Å². The minimum Gasteiger partial charge on any atom is -0.478 e. The first-order valence-corrected chi connectivity index (χ1v) is 5.18. The molecule has 0 unspecified atom stereocenters. The summed E-state index contributed by atoms with van der Waals surface area (Å²) in [7, 11) is 0. The second-order valence-electron chi connectivity index (χ2n) is 3.82. The summed E-state index contributed by atoms with van der Waals surface area (Å²) in [6.07, 6.45) is -10.0. The molecule has 1 aromatic rings. The molecule has 0 aliphatic rings. The minimum absolute atomic E-state index is 1.55. The Morgan fingerprint density at radius 1 is 0.682 bits per heavy atom. The van der Waals surface area contributed by atoms with E-state index >= 15 is 0 Å². The van der Waals surface area contributed by atoms with Crippen LogP contribution in [0.25, 0.3) is 0 Å². The molecule has 0 aromatic heterocycles. The van der Waals surface area contributed by atoms with Gasteiger partial charge in [-0.2, -0.15) is 30.7 Å². The Morgan fingerprint density at radius 2 is 1.00 bits per heavy atom. The van der Waals surface area contributed by atoms with Gasteiger partial charge in [0.1, 0.15) is 5.69 Å². The van der Waals surface area contributed by atoms with Gasteiger partial charge in [-0.1, -0.05) is 0 Å². The zero-order valence-corrected chi connectivity index (χ0v) is 10.2. The Hall–Kier alpha value is -2.01. The van der Waals surface area contributed by atoms with E-state index in [1.54, 1.807) is 0 Å². The standard InChI is InChI=1S/C10H6F9NO2/c11-3-6(20)4(12)8(22-2-10(17,18)19)5(13)7(3)21-1-9(14,15)16/h1-2,20H2. The fraction of sp³-hybridized carbons (Fsp3) is 0.400. The maximum absolute atomic E-state index is 13.6. The zero-order chi connectivity index (χ0) is 17.3. The van der Waals surface area contributed by atoms with Crippen LogP contribution in [0.4, 0.5) is 45.2 Å². The first-order chi connectivity index (χ1) is 9.83. The highest BCUT2D eigenvalue weighted by Gasteiger charge is 2.34. The Balaban J connectivity index is 3.20. The monoisotopic (exact) mass is 343 g/mol. The number of hydrogen-bond acceptors (Lipinski definition) is 3. The Labute approximate surface area is 116 Å². The third-order valence-corrected chi connectivity index (χ3v) is 2.03. The third kappa shape index (κ3) is 4.49. The van der Waals surface area contributed by atoms with Gasteiger partial charge in [-0.3, -0.25) is 0 Å². The predicted octanol–water partition coefficient (Wildman–Crippen LogP) is 3.57. The van der Waals surface area contributed by atoms with Gasteiger partial charge in [-0.15, -0.1) is 0 Å². The zero-order valence-electron chi connectivity index (χ0n) is 10.2. The van der Waals surface area contributed by atoms with Gasteiger partial charge in [0.2, 0.25) is 5.82 Å². The summed E-state index contributed by atoms with van der Waals surface area (Å²) in [4.78, 5) is 0. The van der Waals surface area contributed by atoms with Crippen molar-refractivity contribution in [1.82, 2.24) is 0 Å². The molecule has 0 radical (unpaired) electrons. The van der Waals surface area contributed by atoms with Gasteiger partial charge in [-0.25, -0.2) is 8.78 Å². The van der Waals surface area contributed by atoms with Crippen LogP contribution in [0.5, 0.6) is 11.5 Å². The number of anilines is 1. The number of nitrogens with two attached hydrogens (primary N) is 1. The van der Waals surface area contributed by atoms with Crippen molar-refractivity contribution in [3.8, 4) is 11.5 Å². The first-order valence-electron chi connectivity index (χ1n) is 5.18. The van der Waals surface area contributed by atoms with Gasteiger partial charge in [0, 0.05) is 0 Å². The van der Waals surface area contributed by atoms with E-state index in [4.69, 9.17) is 5.73 Å². The molecule has 0 atom stereocenters. The van der Waals surface area contributed by atoms with Crippen molar-refractivity contribution in [2.24, 2.45) is 0 Å². The molecule has 0 saturated carbocycles. The van der Waals surface area contributed by atoms with Crippen molar-refractivity contribution in [3.05, 3.63) is 17.5 Å². The van der Waals surface area contributed by atoms with E-state index in [2.05, 4.69) is 9.47 Å². The minimum atomic E-state index is -5.00. The van der Waals surface area contributed by atoms with E-state index < -0.39 is 60.2 Å². The molecule has 0 saturated heterocycles. The number of alkyl halides is 6. The maximum Gasteiger partial charge on any atom is 0.422 e. The van der Waals surface area contributed by atoms with Gasteiger partial charge < -0.3 is 15.2 Å². The van der Waals surface area contributed by atoms with Crippen LogP contribution in [-0.2, 0) is 0 Å². The lowest BCUT2D eigenvalue weighted by molar-refractivity contribution is -0.155. The molecule has 0 amide bonds. The smallest absolute Gasteiger partial charge is 0.422 e. The van der Waals surface area contributed by atoms with Crippen LogP contribution in [0.2, 0.25) is 0 Å². The van der Waals surface area contributed by atoms with Crippen LogP contribution >= 0.6 is 0 Å². The lowest BCUT2D eigenvalue weighted by Gasteiger charge is -2.16. The van der Waals surface area contributed by atoms with Crippen molar-refractivity contribution < 1.29 is 49.0 Å². The number of benzene rings is 1.